The summed E-state index contributed by atoms with van der Waals surface area (Å²) in [5.41, 5.74) is -0.0640. The Morgan fingerprint density at radius 1 is 1.38 bits per heavy atom. The van der Waals surface area contributed by atoms with Crippen LogP contribution in [0.2, 0.25) is 0 Å². The third-order valence-corrected chi connectivity index (χ3v) is 2.53. The van der Waals surface area contributed by atoms with E-state index in [0.29, 0.717) is 12.2 Å². The minimum absolute atomic E-state index is 0.0127. The molecule has 6 heteroatoms. The second-order valence-electron chi connectivity index (χ2n) is 3.84. The molecule has 0 radical (unpaired) electrons. The standard InChI is InChI=1S/C10H17N3O3/c1-7(6-14)11-5-8-4-9(15)13(3)10(16)12(8)2/h4,7,11,14H,5-6H2,1-3H3. The zero-order valence-electron chi connectivity index (χ0n) is 9.73. The number of aliphatic hydroxyl groups excluding tert-OH is 1. The van der Waals surface area contributed by atoms with E-state index in [9.17, 15) is 9.59 Å². The summed E-state index contributed by atoms with van der Waals surface area (Å²) in [4.78, 5) is 23.0. The average Bonchev–Trinajstić information content (AvgIpc) is 2.28. The first-order valence-electron chi connectivity index (χ1n) is 5.07. The Kier molecular flexibility index (Phi) is 4.03. The van der Waals surface area contributed by atoms with Gasteiger partial charge in [0.1, 0.15) is 0 Å². The number of hydrogen-bond acceptors (Lipinski definition) is 4. The quantitative estimate of drug-likeness (QED) is 0.660. The molecule has 0 amide bonds. The lowest BCUT2D eigenvalue weighted by molar-refractivity contribution is 0.250. The number of nitrogens with one attached hydrogen (secondary N) is 1. The molecule has 0 bridgehead atoms. The van der Waals surface area contributed by atoms with E-state index in [1.54, 1.807) is 7.05 Å². The van der Waals surface area contributed by atoms with Crippen LogP contribution < -0.4 is 16.6 Å². The second kappa shape index (κ2) is 5.09. The molecule has 16 heavy (non-hydrogen) atoms. The molecule has 1 aromatic heterocycles. The lowest BCUT2D eigenvalue weighted by atomic mass is 10.3. The topological polar surface area (TPSA) is 76.3 Å². The van der Waals surface area contributed by atoms with Crippen molar-refractivity contribution in [2.45, 2.75) is 19.5 Å². The van der Waals surface area contributed by atoms with Crippen LogP contribution >= 0.6 is 0 Å². The van der Waals surface area contributed by atoms with Gasteiger partial charge in [-0.3, -0.25) is 13.9 Å². The number of hydrogen-bond donors (Lipinski definition) is 2. The molecule has 1 aromatic rings. The number of nitrogens with zero attached hydrogens (tertiary/aromatic N) is 2. The van der Waals surface area contributed by atoms with Gasteiger partial charge < -0.3 is 10.4 Å². The van der Waals surface area contributed by atoms with Gasteiger partial charge in [-0.05, 0) is 6.92 Å². The van der Waals surface area contributed by atoms with E-state index >= 15 is 0 Å². The Balaban J connectivity index is 2.98. The van der Waals surface area contributed by atoms with Gasteiger partial charge in [0.05, 0.1) is 6.61 Å². The summed E-state index contributed by atoms with van der Waals surface area (Å²) in [6.45, 7) is 2.21. The van der Waals surface area contributed by atoms with Crippen LogP contribution in [0.5, 0.6) is 0 Å². The van der Waals surface area contributed by atoms with Crippen LogP contribution in [0.25, 0.3) is 0 Å². The van der Waals surface area contributed by atoms with Crippen LogP contribution in [0.1, 0.15) is 12.6 Å². The van der Waals surface area contributed by atoms with Crippen LogP contribution in [0.4, 0.5) is 0 Å². The van der Waals surface area contributed by atoms with Crippen molar-refractivity contribution in [1.29, 1.82) is 0 Å². The average molecular weight is 227 g/mol. The van der Waals surface area contributed by atoms with Crippen molar-refractivity contribution < 1.29 is 5.11 Å². The summed E-state index contributed by atoms with van der Waals surface area (Å²) >= 11 is 0. The summed E-state index contributed by atoms with van der Waals surface area (Å²) in [5.74, 6) is 0. The van der Waals surface area contributed by atoms with Gasteiger partial charge in [-0.1, -0.05) is 0 Å². The summed E-state index contributed by atoms with van der Waals surface area (Å²) in [5, 5.41) is 11.8. The van der Waals surface area contributed by atoms with Crippen molar-refractivity contribution in [3.8, 4) is 0 Å². The van der Waals surface area contributed by atoms with E-state index in [4.69, 9.17) is 5.11 Å². The smallest absolute Gasteiger partial charge is 0.330 e. The molecule has 0 saturated carbocycles. The lowest BCUT2D eigenvalue weighted by Crippen LogP contribution is -2.40. The van der Waals surface area contributed by atoms with Crippen molar-refractivity contribution in [2.75, 3.05) is 6.61 Å². The third kappa shape index (κ3) is 2.59. The Hall–Kier alpha value is -1.40. The molecular weight excluding hydrogens is 210 g/mol. The Labute approximate surface area is 93.1 Å². The molecule has 1 unspecified atom stereocenters. The predicted molar refractivity (Wildman–Crippen MR) is 60.3 cm³/mol. The molecule has 0 saturated heterocycles. The van der Waals surface area contributed by atoms with Crippen LogP contribution in [0, 0.1) is 0 Å². The first-order chi connectivity index (χ1) is 7.47. The minimum Gasteiger partial charge on any atom is -0.395 e. The zero-order valence-corrected chi connectivity index (χ0v) is 9.73. The molecular formula is C10H17N3O3. The number of rotatable bonds is 4. The Morgan fingerprint density at radius 2 is 2.00 bits per heavy atom. The fourth-order valence-electron chi connectivity index (χ4n) is 1.29. The molecule has 0 aliphatic heterocycles. The van der Waals surface area contributed by atoms with Crippen LogP contribution in [-0.4, -0.2) is 26.9 Å². The number of aromatic nitrogens is 2. The maximum absolute atomic E-state index is 11.6. The molecule has 0 spiro atoms. The van der Waals surface area contributed by atoms with Gasteiger partial charge in [0.15, 0.2) is 0 Å². The van der Waals surface area contributed by atoms with Gasteiger partial charge in [-0.2, -0.15) is 0 Å². The molecule has 0 fully saturated rings. The molecule has 0 aromatic carbocycles. The summed E-state index contributed by atoms with van der Waals surface area (Å²) in [6.07, 6.45) is 0. The largest absolute Gasteiger partial charge is 0.395 e. The lowest BCUT2D eigenvalue weighted by Gasteiger charge is -2.13. The highest BCUT2D eigenvalue weighted by molar-refractivity contribution is 5.02. The van der Waals surface area contributed by atoms with Gasteiger partial charge in [-0.15, -0.1) is 0 Å². The van der Waals surface area contributed by atoms with E-state index in [1.165, 1.54) is 17.7 Å². The highest BCUT2D eigenvalue weighted by Crippen LogP contribution is 1.91. The van der Waals surface area contributed by atoms with E-state index in [2.05, 4.69) is 5.32 Å². The fraction of sp³-hybridized carbons (Fsp3) is 0.600. The highest BCUT2D eigenvalue weighted by atomic mass is 16.3. The van der Waals surface area contributed by atoms with Gasteiger partial charge in [0, 0.05) is 38.4 Å². The first-order valence-corrected chi connectivity index (χ1v) is 5.07. The van der Waals surface area contributed by atoms with Gasteiger partial charge in [0.25, 0.3) is 5.56 Å². The molecule has 2 N–H and O–H groups in total. The first kappa shape index (κ1) is 12.7. The Bertz CT molecular complexity index is 475. The maximum atomic E-state index is 11.6. The van der Waals surface area contributed by atoms with E-state index in [1.807, 2.05) is 6.92 Å². The molecule has 1 heterocycles. The third-order valence-electron chi connectivity index (χ3n) is 2.53. The van der Waals surface area contributed by atoms with Gasteiger partial charge in [-0.25, -0.2) is 4.79 Å². The van der Waals surface area contributed by atoms with E-state index in [0.717, 1.165) is 4.57 Å². The van der Waals surface area contributed by atoms with Crippen molar-refractivity contribution in [2.24, 2.45) is 14.1 Å². The summed E-state index contributed by atoms with van der Waals surface area (Å²) < 4.78 is 2.47. The van der Waals surface area contributed by atoms with Crippen molar-refractivity contribution in [1.82, 2.24) is 14.5 Å². The normalized spacial score (nSPS) is 12.8. The zero-order chi connectivity index (χ0) is 12.3. The van der Waals surface area contributed by atoms with E-state index < -0.39 is 0 Å². The highest BCUT2D eigenvalue weighted by Gasteiger charge is 2.06. The molecule has 1 atom stereocenters. The van der Waals surface area contributed by atoms with Crippen molar-refractivity contribution in [3.05, 3.63) is 32.6 Å². The van der Waals surface area contributed by atoms with Crippen LogP contribution in [-0.2, 0) is 20.6 Å². The maximum Gasteiger partial charge on any atom is 0.330 e. The number of aliphatic hydroxyl groups is 1. The molecule has 0 aliphatic rings. The van der Waals surface area contributed by atoms with Crippen molar-refractivity contribution in [3.63, 3.8) is 0 Å². The predicted octanol–water partition coefficient (Wildman–Crippen LogP) is -1.45. The molecule has 6 nitrogen and oxygen atoms in total. The fourth-order valence-corrected chi connectivity index (χ4v) is 1.29. The monoisotopic (exact) mass is 227 g/mol. The summed E-state index contributed by atoms with van der Waals surface area (Å²) in [6, 6.07) is 1.34. The molecule has 90 valence electrons. The SMILES string of the molecule is CC(CO)NCc1cc(=O)n(C)c(=O)n1C. The van der Waals surface area contributed by atoms with Crippen LogP contribution in [0.3, 0.4) is 0 Å². The van der Waals surface area contributed by atoms with Crippen LogP contribution in [0.15, 0.2) is 15.7 Å². The summed E-state index contributed by atoms with van der Waals surface area (Å²) in [7, 11) is 3.06. The van der Waals surface area contributed by atoms with E-state index in [-0.39, 0.29) is 23.9 Å². The Morgan fingerprint density at radius 3 is 2.56 bits per heavy atom. The van der Waals surface area contributed by atoms with Gasteiger partial charge in [0.2, 0.25) is 0 Å². The van der Waals surface area contributed by atoms with Crippen molar-refractivity contribution >= 4 is 0 Å². The molecule has 0 aliphatic carbocycles. The van der Waals surface area contributed by atoms with Gasteiger partial charge >= 0.3 is 5.69 Å². The molecule has 1 rings (SSSR count). The second-order valence-corrected chi connectivity index (χ2v) is 3.84. The minimum atomic E-state index is -0.346.